The molecule has 0 radical (unpaired) electrons. The highest BCUT2D eigenvalue weighted by molar-refractivity contribution is 5.54. The van der Waals surface area contributed by atoms with Gasteiger partial charge in [0.15, 0.2) is 0 Å². The van der Waals surface area contributed by atoms with E-state index < -0.39 is 0 Å². The zero-order valence-electron chi connectivity index (χ0n) is 10.7. The Hall–Kier alpha value is -1.13. The molecule has 0 atom stereocenters. The summed E-state index contributed by atoms with van der Waals surface area (Å²) in [6, 6.07) is 2.03. The lowest BCUT2D eigenvalue weighted by molar-refractivity contribution is -0.0277. The Morgan fingerprint density at radius 3 is 2.94 bits per heavy atom. The topological polar surface area (TPSA) is 45.6 Å². The summed E-state index contributed by atoms with van der Waals surface area (Å²) in [5.41, 5.74) is 2.80. The van der Waals surface area contributed by atoms with E-state index in [2.05, 4.69) is 23.7 Å². The van der Waals surface area contributed by atoms with Gasteiger partial charge in [-0.25, -0.2) is 0 Å². The van der Waals surface area contributed by atoms with Crippen LogP contribution in [0, 0.1) is 6.92 Å². The Morgan fingerprint density at radius 2 is 2.29 bits per heavy atom. The number of hydrogen-bond acceptors (Lipinski definition) is 4. The number of aromatic nitrogens is 1. The molecule has 1 aliphatic rings. The summed E-state index contributed by atoms with van der Waals surface area (Å²) >= 11 is 0. The Morgan fingerprint density at radius 1 is 1.53 bits per heavy atom. The Bertz CT molecular complexity index is 404. The molecule has 2 heterocycles. The van der Waals surface area contributed by atoms with Gasteiger partial charge >= 0.3 is 0 Å². The van der Waals surface area contributed by atoms with Gasteiger partial charge in [0.05, 0.1) is 18.8 Å². The second-order valence-electron chi connectivity index (χ2n) is 5.14. The van der Waals surface area contributed by atoms with Crippen LogP contribution in [0.2, 0.25) is 0 Å². The highest BCUT2D eigenvalue weighted by Crippen LogP contribution is 2.26. The van der Waals surface area contributed by atoms with Crippen molar-refractivity contribution in [3.63, 3.8) is 0 Å². The van der Waals surface area contributed by atoms with Crippen molar-refractivity contribution >= 4 is 5.69 Å². The van der Waals surface area contributed by atoms with E-state index in [0.717, 1.165) is 36.6 Å². The van der Waals surface area contributed by atoms with Crippen LogP contribution in [-0.2, 0) is 11.3 Å². The normalized spacial score (nSPS) is 19.4. The molecule has 0 aromatic carbocycles. The van der Waals surface area contributed by atoms with Crippen LogP contribution in [0.5, 0.6) is 0 Å². The SMILES string of the molecule is Cc1cc(N2CCOC(C)(C)C2)c(CO)cn1. The smallest absolute Gasteiger partial charge is 0.0801 e. The van der Waals surface area contributed by atoms with Crippen molar-refractivity contribution in [1.29, 1.82) is 0 Å². The predicted octanol–water partition coefficient (Wildman–Crippen LogP) is 1.50. The first-order chi connectivity index (χ1) is 8.02. The lowest BCUT2D eigenvalue weighted by atomic mass is 10.1. The van der Waals surface area contributed by atoms with Crippen molar-refractivity contribution in [3.05, 3.63) is 23.5 Å². The monoisotopic (exact) mass is 236 g/mol. The van der Waals surface area contributed by atoms with Crippen molar-refractivity contribution in [2.75, 3.05) is 24.6 Å². The largest absolute Gasteiger partial charge is 0.392 e. The van der Waals surface area contributed by atoms with Gasteiger partial charge < -0.3 is 14.7 Å². The van der Waals surface area contributed by atoms with Crippen LogP contribution in [0.25, 0.3) is 0 Å². The number of aliphatic hydroxyl groups excluding tert-OH is 1. The zero-order chi connectivity index (χ0) is 12.5. The zero-order valence-corrected chi connectivity index (χ0v) is 10.7. The van der Waals surface area contributed by atoms with Gasteiger partial charge in [0.1, 0.15) is 0 Å². The summed E-state index contributed by atoms with van der Waals surface area (Å²) in [7, 11) is 0. The quantitative estimate of drug-likeness (QED) is 0.845. The van der Waals surface area contributed by atoms with E-state index in [4.69, 9.17) is 4.74 Å². The van der Waals surface area contributed by atoms with Crippen molar-refractivity contribution < 1.29 is 9.84 Å². The Labute approximate surface area is 102 Å². The summed E-state index contributed by atoms with van der Waals surface area (Å²) in [5, 5.41) is 9.37. The molecule has 0 saturated carbocycles. The predicted molar refractivity (Wildman–Crippen MR) is 67.1 cm³/mol. The molecule has 2 rings (SSSR count). The van der Waals surface area contributed by atoms with Crippen LogP contribution >= 0.6 is 0 Å². The number of aliphatic hydroxyl groups is 1. The molecule has 94 valence electrons. The van der Waals surface area contributed by atoms with Crippen LogP contribution in [0.1, 0.15) is 25.1 Å². The molecule has 0 unspecified atom stereocenters. The number of anilines is 1. The first-order valence-electron chi connectivity index (χ1n) is 5.97. The molecule has 1 N–H and O–H groups in total. The standard InChI is InChI=1S/C13H20N2O2/c1-10-6-12(11(8-16)7-14-10)15-4-5-17-13(2,3)9-15/h6-7,16H,4-5,8-9H2,1-3H3. The fourth-order valence-electron chi connectivity index (χ4n) is 2.21. The first-order valence-corrected chi connectivity index (χ1v) is 5.97. The first kappa shape index (κ1) is 12.3. The van der Waals surface area contributed by atoms with E-state index >= 15 is 0 Å². The van der Waals surface area contributed by atoms with E-state index in [0.29, 0.717) is 0 Å². The summed E-state index contributed by atoms with van der Waals surface area (Å²) in [4.78, 5) is 6.49. The number of aryl methyl sites for hydroxylation is 1. The van der Waals surface area contributed by atoms with Crippen LogP contribution in [0.4, 0.5) is 5.69 Å². The minimum absolute atomic E-state index is 0.0282. The molecule has 1 fully saturated rings. The summed E-state index contributed by atoms with van der Waals surface area (Å²) in [6.45, 7) is 8.59. The molecule has 0 aliphatic carbocycles. The number of rotatable bonds is 2. The second-order valence-corrected chi connectivity index (χ2v) is 5.14. The molecular weight excluding hydrogens is 216 g/mol. The molecule has 1 aromatic heterocycles. The average molecular weight is 236 g/mol. The van der Waals surface area contributed by atoms with E-state index in [-0.39, 0.29) is 12.2 Å². The third-order valence-electron chi connectivity index (χ3n) is 3.04. The molecule has 1 saturated heterocycles. The number of ether oxygens (including phenoxy) is 1. The maximum atomic E-state index is 9.37. The van der Waals surface area contributed by atoms with Crippen LogP contribution < -0.4 is 4.90 Å². The highest BCUT2D eigenvalue weighted by atomic mass is 16.5. The van der Waals surface area contributed by atoms with Crippen LogP contribution in [0.15, 0.2) is 12.3 Å². The Kier molecular flexibility index (Phi) is 3.35. The van der Waals surface area contributed by atoms with E-state index in [1.165, 1.54) is 0 Å². The summed E-state index contributed by atoms with van der Waals surface area (Å²) < 4.78 is 5.70. The second kappa shape index (κ2) is 4.63. The number of morpholine rings is 1. The highest BCUT2D eigenvalue weighted by Gasteiger charge is 2.28. The van der Waals surface area contributed by atoms with Crippen molar-refractivity contribution in [3.8, 4) is 0 Å². The fourth-order valence-corrected chi connectivity index (χ4v) is 2.21. The lowest BCUT2D eigenvalue weighted by Gasteiger charge is -2.40. The van der Waals surface area contributed by atoms with E-state index in [1.54, 1.807) is 6.20 Å². The maximum absolute atomic E-state index is 9.37. The molecule has 1 aromatic rings. The van der Waals surface area contributed by atoms with Gasteiger partial charge in [-0.15, -0.1) is 0 Å². The molecular formula is C13H20N2O2. The number of nitrogens with zero attached hydrogens (tertiary/aromatic N) is 2. The van der Waals surface area contributed by atoms with Crippen molar-refractivity contribution in [1.82, 2.24) is 4.98 Å². The average Bonchev–Trinajstić information content (AvgIpc) is 2.27. The lowest BCUT2D eigenvalue weighted by Crippen LogP contribution is -2.48. The van der Waals surface area contributed by atoms with Gasteiger partial charge in [-0.05, 0) is 26.8 Å². The number of pyridine rings is 1. The summed E-state index contributed by atoms with van der Waals surface area (Å²) in [6.07, 6.45) is 1.76. The van der Waals surface area contributed by atoms with Crippen LogP contribution in [-0.4, -0.2) is 35.4 Å². The van der Waals surface area contributed by atoms with Crippen molar-refractivity contribution in [2.45, 2.75) is 33.0 Å². The van der Waals surface area contributed by atoms with E-state index in [1.807, 2.05) is 13.0 Å². The maximum Gasteiger partial charge on any atom is 0.0801 e. The minimum atomic E-state index is -0.137. The van der Waals surface area contributed by atoms with Crippen LogP contribution in [0.3, 0.4) is 0 Å². The Balaban J connectivity index is 2.29. The third-order valence-corrected chi connectivity index (χ3v) is 3.04. The molecule has 0 bridgehead atoms. The fraction of sp³-hybridized carbons (Fsp3) is 0.615. The van der Waals surface area contributed by atoms with Gasteiger partial charge in [-0.1, -0.05) is 0 Å². The van der Waals surface area contributed by atoms with Gasteiger partial charge in [0, 0.05) is 36.2 Å². The molecule has 4 nitrogen and oxygen atoms in total. The van der Waals surface area contributed by atoms with Gasteiger partial charge in [-0.3, -0.25) is 4.98 Å². The minimum Gasteiger partial charge on any atom is -0.392 e. The van der Waals surface area contributed by atoms with E-state index in [9.17, 15) is 5.11 Å². The molecule has 17 heavy (non-hydrogen) atoms. The molecule has 4 heteroatoms. The van der Waals surface area contributed by atoms with Crippen molar-refractivity contribution in [2.24, 2.45) is 0 Å². The van der Waals surface area contributed by atoms with Gasteiger partial charge in [0.2, 0.25) is 0 Å². The summed E-state index contributed by atoms with van der Waals surface area (Å²) in [5.74, 6) is 0. The molecule has 1 aliphatic heterocycles. The number of hydrogen-bond donors (Lipinski definition) is 1. The molecule has 0 amide bonds. The van der Waals surface area contributed by atoms with Gasteiger partial charge in [0.25, 0.3) is 0 Å². The molecule has 0 spiro atoms. The third kappa shape index (κ3) is 2.76. The van der Waals surface area contributed by atoms with Gasteiger partial charge in [-0.2, -0.15) is 0 Å².